The molecule has 336 valence electrons. The molecule has 3 aromatic rings. The number of nitro benzene ring substituents is 1. The third kappa shape index (κ3) is 10.4. The highest BCUT2D eigenvalue weighted by molar-refractivity contribution is 6.03. The van der Waals surface area contributed by atoms with Crippen LogP contribution in [0.5, 0.6) is 23.0 Å². The lowest BCUT2D eigenvalue weighted by Crippen LogP contribution is -2.69. The maximum absolute atomic E-state index is 13.9. The highest BCUT2D eigenvalue weighted by Crippen LogP contribution is 2.62. The van der Waals surface area contributed by atoms with Crippen molar-refractivity contribution < 1.29 is 53.2 Å². The highest BCUT2D eigenvalue weighted by atomic mass is 16.7. The number of carbonyl (C=O) groups excluding carboxylic acids is 2. The number of carbonyl (C=O) groups is 2. The van der Waals surface area contributed by atoms with Crippen LogP contribution in [0, 0.1) is 27.9 Å². The SMILES string of the molecule is C=CCCOC(=O)N(C)[C@H]1CC(=NOCc2ccc([N+](=O)[O-])cc2)C2=C[C@H](CCCCO)[C@@H](CCCCO)[C@@H]3c4cc(Oc5ccc(OC)c(C=O)c5)ccc4O[C@@]1(OCC=C)[C@H]23. The zero-order valence-electron chi connectivity index (χ0n) is 35.9. The number of aliphatic hydroxyl groups excluding tert-OH is 2. The van der Waals surface area contributed by atoms with Crippen molar-refractivity contribution in [2.24, 2.45) is 22.9 Å². The van der Waals surface area contributed by atoms with Crippen LogP contribution in [0.15, 0.2) is 103 Å². The number of allylic oxidation sites excluding steroid dienone is 1. The number of aldehydes is 1. The molecule has 15 heteroatoms. The van der Waals surface area contributed by atoms with E-state index < -0.39 is 28.8 Å². The van der Waals surface area contributed by atoms with Crippen LogP contribution in [0.1, 0.15) is 78.8 Å². The standard InChI is InChI=1S/C48H57N3O12/c1-5-7-25-59-47(55)50(3)44-29-41(49-61-31-32-14-16-35(17-15-32)51(56)57)39-27-33(12-8-10-22-52)38(13-9-11-23-53)45-40-28-37(62-36-18-20-42(58-4)34(26-36)30-54)19-21-43(40)63-48(44,46(39)45)60-24-6-2/h5-6,14-21,26-28,30,33,38,44-46,52-53H,1-2,7-13,22-25,29,31H2,3-4H3/t33-,38+,44-,45+,46+,48+/m0/s1. The lowest BCUT2D eigenvalue weighted by molar-refractivity contribution is -0.384. The number of nitro groups is 1. The van der Waals surface area contributed by atoms with Gasteiger partial charge >= 0.3 is 6.09 Å². The fraction of sp³-hybridized carbons (Fsp3) is 0.438. The van der Waals surface area contributed by atoms with Crippen LogP contribution in [0.3, 0.4) is 0 Å². The zero-order valence-corrected chi connectivity index (χ0v) is 35.9. The number of amides is 1. The normalized spacial score (nSPS) is 22.6. The molecule has 6 rings (SSSR count). The van der Waals surface area contributed by atoms with Crippen molar-refractivity contribution in [1.82, 2.24) is 4.90 Å². The van der Waals surface area contributed by atoms with Crippen molar-refractivity contribution >= 4 is 23.8 Å². The highest BCUT2D eigenvalue weighted by Gasteiger charge is 2.65. The minimum absolute atomic E-state index is 0.0196. The Hall–Kier alpha value is -6.03. The van der Waals surface area contributed by atoms with Crippen LogP contribution in [0.4, 0.5) is 10.5 Å². The average molecular weight is 868 g/mol. The molecule has 0 spiro atoms. The van der Waals surface area contributed by atoms with E-state index in [4.69, 9.17) is 33.7 Å². The topological polar surface area (TPSA) is 189 Å². The van der Waals surface area contributed by atoms with E-state index >= 15 is 0 Å². The molecular formula is C48H57N3O12. The monoisotopic (exact) mass is 867 g/mol. The zero-order chi connectivity index (χ0) is 44.9. The summed E-state index contributed by atoms with van der Waals surface area (Å²) in [4.78, 5) is 44.3. The minimum atomic E-state index is -1.50. The molecular weight excluding hydrogens is 811 g/mol. The lowest BCUT2D eigenvalue weighted by Gasteiger charge is -2.59. The first-order valence-electron chi connectivity index (χ1n) is 21.4. The van der Waals surface area contributed by atoms with Crippen LogP contribution < -0.4 is 14.2 Å². The second-order valence-corrected chi connectivity index (χ2v) is 15.9. The summed E-state index contributed by atoms with van der Waals surface area (Å²) in [6, 6.07) is 15.8. The van der Waals surface area contributed by atoms with E-state index in [1.807, 2.05) is 12.1 Å². The van der Waals surface area contributed by atoms with Crippen LogP contribution in [-0.4, -0.2) is 90.5 Å². The molecule has 6 atom stereocenters. The van der Waals surface area contributed by atoms with Gasteiger partial charge in [-0.1, -0.05) is 36.2 Å². The Kier molecular flexibility index (Phi) is 16.1. The van der Waals surface area contributed by atoms with Gasteiger partial charge in [0.2, 0.25) is 5.79 Å². The molecule has 2 N–H and O–H groups in total. The number of hydrogen-bond donors (Lipinski definition) is 2. The van der Waals surface area contributed by atoms with Crippen molar-refractivity contribution in [2.75, 3.05) is 40.6 Å². The summed E-state index contributed by atoms with van der Waals surface area (Å²) in [5, 5.41) is 35.9. The summed E-state index contributed by atoms with van der Waals surface area (Å²) in [5.41, 5.74) is 3.20. The molecule has 2 aliphatic carbocycles. The quantitative estimate of drug-likeness (QED) is 0.0304. The van der Waals surface area contributed by atoms with Crippen LogP contribution in [-0.2, 0) is 20.9 Å². The van der Waals surface area contributed by atoms with Crippen LogP contribution in [0.25, 0.3) is 0 Å². The Morgan fingerprint density at radius 1 is 1.02 bits per heavy atom. The first-order valence-corrected chi connectivity index (χ1v) is 21.4. The van der Waals surface area contributed by atoms with E-state index in [2.05, 4.69) is 19.2 Å². The summed E-state index contributed by atoms with van der Waals surface area (Å²) in [6.45, 7) is 8.02. The fourth-order valence-electron chi connectivity index (χ4n) is 9.15. The average Bonchev–Trinajstić information content (AvgIpc) is 3.29. The number of non-ortho nitro benzene ring substituents is 1. The van der Waals surface area contributed by atoms with Gasteiger partial charge < -0.3 is 43.6 Å². The number of benzene rings is 3. The summed E-state index contributed by atoms with van der Waals surface area (Å²) in [7, 11) is 3.14. The van der Waals surface area contributed by atoms with E-state index in [1.54, 1.807) is 55.6 Å². The van der Waals surface area contributed by atoms with E-state index in [1.165, 1.54) is 24.1 Å². The number of rotatable bonds is 23. The molecule has 0 aromatic heterocycles. The van der Waals surface area contributed by atoms with Gasteiger partial charge in [0, 0.05) is 50.3 Å². The van der Waals surface area contributed by atoms with Crippen LogP contribution in [0.2, 0.25) is 0 Å². The van der Waals surface area contributed by atoms with Gasteiger partial charge in [-0.25, -0.2) is 4.79 Å². The van der Waals surface area contributed by atoms with Gasteiger partial charge in [-0.05, 0) is 104 Å². The van der Waals surface area contributed by atoms with Gasteiger partial charge in [-0.2, -0.15) is 0 Å². The Bertz CT molecular complexity index is 2160. The van der Waals surface area contributed by atoms with Gasteiger partial charge in [-0.3, -0.25) is 14.9 Å². The molecule has 3 aliphatic rings. The molecule has 0 radical (unpaired) electrons. The Balaban J connectivity index is 1.53. The maximum Gasteiger partial charge on any atom is 0.409 e. The molecule has 15 nitrogen and oxygen atoms in total. The number of ether oxygens (including phenoxy) is 5. The third-order valence-corrected chi connectivity index (χ3v) is 12.1. The van der Waals surface area contributed by atoms with Crippen molar-refractivity contribution in [1.29, 1.82) is 0 Å². The number of aliphatic hydroxyl groups is 2. The molecule has 0 saturated heterocycles. The van der Waals surface area contributed by atoms with E-state index in [9.17, 15) is 29.9 Å². The van der Waals surface area contributed by atoms with Gasteiger partial charge in [0.05, 0.1) is 42.4 Å². The Labute approximate surface area is 367 Å². The molecule has 1 aliphatic heterocycles. The Morgan fingerprint density at radius 3 is 2.43 bits per heavy atom. The van der Waals surface area contributed by atoms with Crippen molar-refractivity contribution in [2.45, 2.75) is 75.7 Å². The molecule has 1 amide bonds. The maximum atomic E-state index is 13.9. The van der Waals surface area contributed by atoms with Crippen molar-refractivity contribution in [3.8, 4) is 23.0 Å². The number of methoxy groups -OCH3 is 1. The number of oxime groups is 1. The van der Waals surface area contributed by atoms with Crippen molar-refractivity contribution in [3.63, 3.8) is 0 Å². The minimum Gasteiger partial charge on any atom is -0.496 e. The summed E-state index contributed by atoms with van der Waals surface area (Å²) in [5.74, 6) is -0.586. The fourth-order valence-corrected chi connectivity index (χ4v) is 9.15. The van der Waals surface area contributed by atoms with Crippen molar-refractivity contribution in [3.05, 3.63) is 124 Å². The number of fused-ring (bicyclic) bond motifs is 2. The number of unbranched alkanes of at least 4 members (excludes halogenated alkanes) is 2. The molecule has 0 bridgehead atoms. The summed E-state index contributed by atoms with van der Waals surface area (Å²) < 4.78 is 31.6. The summed E-state index contributed by atoms with van der Waals surface area (Å²) >= 11 is 0. The number of hydrogen-bond acceptors (Lipinski definition) is 13. The number of nitrogens with zero attached hydrogens (tertiary/aromatic N) is 3. The van der Waals surface area contributed by atoms with Crippen LogP contribution >= 0.6 is 0 Å². The van der Waals surface area contributed by atoms with E-state index in [0.29, 0.717) is 65.4 Å². The van der Waals surface area contributed by atoms with Gasteiger partial charge in [0.1, 0.15) is 35.6 Å². The van der Waals surface area contributed by atoms with Gasteiger partial charge in [0.25, 0.3) is 5.69 Å². The number of likely N-dealkylation sites (N-methyl/N-ethyl adjacent to an activating group) is 1. The predicted octanol–water partition coefficient (Wildman–Crippen LogP) is 8.69. The lowest BCUT2D eigenvalue weighted by atomic mass is 9.55. The first-order chi connectivity index (χ1) is 30.6. The molecule has 1 saturated carbocycles. The molecule has 0 unspecified atom stereocenters. The Morgan fingerprint density at radius 2 is 1.75 bits per heavy atom. The smallest absolute Gasteiger partial charge is 0.409 e. The predicted molar refractivity (Wildman–Crippen MR) is 235 cm³/mol. The molecule has 1 fully saturated rings. The largest absolute Gasteiger partial charge is 0.496 e. The molecule has 3 aromatic carbocycles. The first kappa shape index (κ1) is 46.5. The van der Waals surface area contributed by atoms with Gasteiger partial charge in [-0.15, -0.1) is 13.2 Å². The molecule has 63 heavy (non-hydrogen) atoms. The third-order valence-electron chi connectivity index (χ3n) is 12.1. The van der Waals surface area contributed by atoms with Gasteiger partial charge in [0.15, 0.2) is 6.29 Å². The van der Waals surface area contributed by atoms with E-state index in [0.717, 1.165) is 36.8 Å². The second-order valence-electron chi connectivity index (χ2n) is 15.9. The molecule has 1 heterocycles. The van der Waals surface area contributed by atoms with E-state index in [-0.39, 0.29) is 62.9 Å². The summed E-state index contributed by atoms with van der Waals surface area (Å²) in [6.07, 6.45) is 10.4. The second kappa shape index (κ2) is 21.9.